The Morgan fingerprint density at radius 2 is 1.87 bits per heavy atom. The van der Waals surface area contributed by atoms with Gasteiger partial charge in [0.25, 0.3) is 0 Å². The Labute approximate surface area is 159 Å². The first kappa shape index (κ1) is 18.8. The molecule has 0 aliphatic rings. The minimum atomic E-state index is 0.720. The van der Waals surface area contributed by atoms with E-state index in [0.717, 1.165) is 57.8 Å². The summed E-state index contributed by atoms with van der Waals surface area (Å²) < 4.78 is 7.90. The molecule has 2 nitrogen and oxygen atoms in total. The summed E-state index contributed by atoms with van der Waals surface area (Å²) >= 11 is 13.0. The van der Waals surface area contributed by atoms with Crippen LogP contribution in [0.3, 0.4) is 0 Å². The number of nitrogens with one attached hydrogen (secondary N) is 1. The summed E-state index contributed by atoms with van der Waals surface area (Å²) in [6.45, 7) is 4.50. The average Bonchev–Trinajstić information content (AvgIpc) is 2.52. The Morgan fingerprint density at radius 1 is 1.13 bits per heavy atom. The fourth-order valence-electron chi connectivity index (χ4n) is 2.22. The summed E-state index contributed by atoms with van der Waals surface area (Å²) in [4.78, 5) is 0. The summed E-state index contributed by atoms with van der Waals surface area (Å²) in [6, 6.07) is 12.1. The van der Waals surface area contributed by atoms with Gasteiger partial charge in [0.05, 0.1) is 11.1 Å². The molecule has 0 aliphatic carbocycles. The van der Waals surface area contributed by atoms with E-state index in [4.69, 9.17) is 16.3 Å². The molecule has 0 aliphatic heterocycles. The molecule has 0 spiro atoms. The van der Waals surface area contributed by atoms with Crippen molar-refractivity contribution in [3.05, 3.63) is 61.5 Å². The summed E-state index contributed by atoms with van der Waals surface area (Å²) in [7, 11) is 0. The minimum Gasteiger partial charge on any atom is -0.492 e. The molecule has 1 N–H and O–H groups in total. The minimum absolute atomic E-state index is 0.720. The van der Waals surface area contributed by atoms with Gasteiger partial charge in [-0.1, -0.05) is 46.6 Å². The van der Waals surface area contributed by atoms with E-state index in [1.54, 1.807) is 0 Å². The highest BCUT2D eigenvalue weighted by Gasteiger charge is 2.10. The van der Waals surface area contributed by atoms with Crippen molar-refractivity contribution in [1.29, 1.82) is 0 Å². The van der Waals surface area contributed by atoms with Gasteiger partial charge in [0, 0.05) is 21.6 Å². The zero-order valence-electron chi connectivity index (χ0n) is 13.0. The predicted molar refractivity (Wildman–Crippen MR) is 104 cm³/mol. The second-order valence-electron chi connectivity index (χ2n) is 5.28. The summed E-state index contributed by atoms with van der Waals surface area (Å²) in [5.41, 5.74) is 2.43. The van der Waals surface area contributed by atoms with Crippen molar-refractivity contribution in [2.24, 2.45) is 0 Å². The molecule has 0 fully saturated rings. The Kier molecular flexibility index (Phi) is 7.90. The lowest BCUT2D eigenvalue weighted by Gasteiger charge is -2.14. The first-order chi connectivity index (χ1) is 11.1. The molecular weight excluding hydrogens is 441 g/mol. The van der Waals surface area contributed by atoms with Crippen LogP contribution in [0.4, 0.5) is 0 Å². The van der Waals surface area contributed by atoms with Crippen molar-refractivity contribution in [3.63, 3.8) is 0 Å². The zero-order valence-corrected chi connectivity index (χ0v) is 17.0. The van der Waals surface area contributed by atoms with Crippen LogP contribution in [-0.2, 0) is 13.0 Å². The van der Waals surface area contributed by atoms with E-state index in [1.165, 1.54) is 5.56 Å². The van der Waals surface area contributed by atoms with E-state index in [0.29, 0.717) is 0 Å². The molecule has 0 radical (unpaired) electrons. The van der Waals surface area contributed by atoms with E-state index in [-0.39, 0.29) is 0 Å². The van der Waals surface area contributed by atoms with Gasteiger partial charge in [0.2, 0.25) is 0 Å². The zero-order chi connectivity index (χ0) is 16.7. The third kappa shape index (κ3) is 6.11. The maximum absolute atomic E-state index is 5.90. The molecule has 124 valence electrons. The molecule has 23 heavy (non-hydrogen) atoms. The molecule has 0 amide bonds. The van der Waals surface area contributed by atoms with Crippen LogP contribution >= 0.6 is 43.5 Å². The standard InChI is InChI=1S/C18H20Br2ClNO/c1-2-9-23-18-14(10-15(19)11-17(18)20)12-22-8-7-13-3-5-16(21)6-4-13/h3-6,10-11,22H,2,7-9,12H2,1H3. The Bertz CT molecular complexity index is 632. The first-order valence-corrected chi connectivity index (χ1v) is 9.62. The number of rotatable bonds is 8. The second-order valence-corrected chi connectivity index (χ2v) is 7.48. The number of hydrogen-bond donors (Lipinski definition) is 1. The number of hydrogen-bond acceptors (Lipinski definition) is 2. The van der Waals surface area contributed by atoms with Gasteiger partial charge in [-0.25, -0.2) is 0 Å². The van der Waals surface area contributed by atoms with Crippen molar-refractivity contribution in [2.75, 3.05) is 13.2 Å². The normalized spacial score (nSPS) is 10.8. The fourth-order valence-corrected chi connectivity index (χ4v) is 3.77. The lowest BCUT2D eigenvalue weighted by atomic mass is 10.1. The number of halogens is 3. The third-order valence-electron chi connectivity index (χ3n) is 3.35. The molecule has 0 unspecified atom stereocenters. The summed E-state index contributed by atoms with van der Waals surface area (Å²) in [5, 5.41) is 4.26. The van der Waals surface area contributed by atoms with E-state index < -0.39 is 0 Å². The molecule has 0 saturated carbocycles. The lowest BCUT2D eigenvalue weighted by Crippen LogP contribution is -2.17. The van der Waals surface area contributed by atoms with Gasteiger partial charge in [0.15, 0.2) is 0 Å². The highest BCUT2D eigenvalue weighted by molar-refractivity contribution is 9.11. The van der Waals surface area contributed by atoms with Gasteiger partial charge < -0.3 is 10.1 Å². The molecule has 0 heterocycles. The van der Waals surface area contributed by atoms with Crippen molar-refractivity contribution < 1.29 is 4.74 Å². The SMILES string of the molecule is CCCOc1c(Br)cc(Br)cc1CNCCc1ccc(Cl)cc1. The van der Waals surface area contributed by atoms with Crippen LogP contribution in [0.2, 0.25) is 5.02 Å². The molecule has 0 bridgehead atoms. The van der Waals surface area contributed by atoms with Crippen molar-refractivity contribution >= 4 is 43.5 Å². The first-order valence-electron chi connectivity index (χ1n) is 7.66. The molecule has 5 heteroatoms. The van der Waals surface area contributed by atoms with Crippen LogP contribution in [0, 0.1) is 0 Å². The quantitative estimate of drug-likeness (QED) is 0.488. The van der Waals surface area contributed by atoms with Crippen molar-refractivity contribution in [2.45, 2.75) is 26.3 Å². The van der Waals surface area contributed by atoms with E-state index in [1.807, 2.05) is 18.2 Å². The highest BCUT2D eigenvalue weighted by Crippen LogP contribution is 2.33. The van der Waals surface area contributed by atoms with E-state index >= 15 is 0 Å². The molecule has 0 aromatic heterocycles. The van der Waals surface area contributed by atoms with Gasteiger partial charge in [0.1, 0.15) is 5.75 Å². The van der Waals surface area contributed by atoms with Crippen LogP contribution in [0.15, 0.2) is 45.3 Å². The largest absolute Gasteiger partial charge is 0.492 e. The van der Waals surface area contributed by atoms with Crippen LogP contribution in [-0.4, -0.2) is 13.2 Å². The topological polar surface area (TPSA) is 21.3 Å². The fraction of sp³-hybridized carbons (Fsp3) is 0.333. The molecule has 2 aromatic rings. The van der Waals surface area contributed by atoms with Crippen LogP contribution < -0.4 is 10.1 Å². The van der Waals surface area contributed by atoms with Gasteiger partial charge in [-0.2, -0.15) is 0 Å². The maximum atomic E-state index is 5.90. The Balaban J connectivity index is 1.92. The molecule has 0 atom stereocenters. The molecule has 2 aromatic carbocycles. The molecule has 0 saturated heterocycles. The van der Waals surface area contributed by atoms with E-state index in [9.17, 15) is 0 Å². The van der Waals surface area contributed by atoms with Crippen LogP contribution in [0.25, 0.3) is 0 Å². The predicted octanol–water partition coefficient (Wildman–Crippen LogP) is 5.99. The third-order valence-corrected chi connectivity index (χ3v) is 4.65. The number of ether oxygens (including phenoxy) is 1. The Morgan fingerprint density at radius 3 is 2.57 bits per heavy atom. The van der Waals surface area contributed by atoms with Gasteiger partial charge in [-0.15, -0.1) is 0 Å². The molecule has 2 rings (SSSR count). The van der Waals surface area contributed by atoms with Gasteiger partial charge in [-0.3, -0.25) is 0 Å². The van der Waals surface area contributed by atoms with Gasteiger partial charge in [-0.05, 0) is 65.1 Å². The average molecular weight is 462 g/mol. The maximum Gasteiger partial charge on any atom is 0.138 e. The Hall–Kier alpha value is -0.550. The lowest BCUT2D eigenvalue weighted by molar-refractivity contribution is 0.311. The number of benzene rings is 2. The van der Waals surface area contributed by atoms with Crippen molar-refractivity contribution in [3.8, 4) is 5.75 Å². The smallest absolute Gasteiger partial charge is 0.138 e. The van der Waals surface area contributed by atoms with Gasteiger partial charge >= 0.3 is 0 Å². The van der Waals surface area contributed by atoms with Crippen LogP contribution in [0.5, 0.6) is 5.75 Å². The monoisotopic (exact) mass is 459 g/mol. The summed E-state index contributed by atoms with van der Waals surface area (Å²) in [5.74, 6) is 0.925. The second kappa shape index (κ2) is 9.67. The molecular formula is C18H20Br2ClNO. The van der Waals surface area contributed by atoms with Crippen molar-refractivity contribution in [1.82, 2.24) is 5.32 Å². The highest BCUT2D eigenvalue weighted by atomic mass is 79.9. The van der Waals surface area contributed by atoms with Crippen LogP contribution in [0.1, 0.15) is 24.5 Å². The van der Waals surface area contributed by atoms with E-state index in [2.05, 4.69) is 62.3 Å². The summed E-state index contributed by atoms with van der Waals surface area (Å²) in [6.07, 6.45) is 1.96.